The van der Waals surface area contributed by atoms with E-state index in [4.69, 9.17) is 4.74 Å². The summed E-state index contributed by atoms with van der Waals surface area (Å²) in [4.78, 5) is 30.8. The van der Waals surface area contributed by atoms with Crippen LogP contribution in [0.25, 0.3) is 0 Å². The molecule has 3 aliphatic rings. The van der Waals surface area contributed by atoms with Crippen molar-refractivity contribution in [3.63, 3.8) is 0 Å². The number of nitrogens with one attached hydrogen (secondary N) is 1. The smallest absolute Gasteiger partial charge is 0.252 e. The van der Waals surface area contributed by atoms with E-state index in [1.165, 1.54) is 0 Å². The lowest BCUT2D eigenvalue weighted by atomic mass is 9.75. The number of ketones is 1. The molecule has 0 aromatic heterocycles. The van der Waals surface area contributed by atoms with E-state index < -0.39 is 0 Å². The maximum Gasteiger partial charge on any atom is 0.252 e. The predicted octanol–water partition coefficient (Wildman–Crippen LogP) is 3.36. The molecule has 31 heavy (non-hydrogen) atoms. The average molecular weight is 424 g/mol. The van der Waals surface area contributed by atoms with Gasteiger partial charge >= 0.3 is 0 Å². The number of morpholine rings is 1. The van der Waals surface area contributed by atoms with E-state index >= 15 is 0 Å². The van der Waals surface area contributed by atoms with Crippen LogP contribution in [-0.2, 0) is 14.3 Å². The standard InChI is InChI=1S/C25H33N3O3/c1-4-27(5-2)19-11-9-18(10-12-19)23-22(25(30)28-13-15-31-16-14-28)17(3)26-20-7-6-8-21(29)24(20)23/h9-12,23,26H,4-8,13-16H2,1-3H3/t23-/m1/s1. The molecule has 6 heteroatoms. The second-order valence-electron chi connectivity index (χ2n) is 8.43. The van der Waals surface area contributed by atoms with Crippen molar-refractivity contribution in [2.24, 2.45) is 0 Å². The third-order valence-electron chi connectivity index (χ3n) is 6.66. The number of anilines is 1. The van der Waals surface area contributed by atoms with Crippen LogP contribution in [0.4, 0.5) is 5.69 Å². The van der Waals surface area contributed by atoms with Crippen molar-refractivity contribution in [2.75, 3.05) is 44.3 Å². The van der Waals surface area contributed by atoms with Gasteiger partial charge in [-0.3, -0.25) is 9.59 Å². The maximum absolute atomic E-state index is 13.6. The predicted molar refractivity (Wildman–Crippen MR) is 122 cm³/mol. The lowest BCUT2D eigenvalue weighted by Crippen LogP contribution is -2.44. The van der Waals surface area contributed by atoms with Crippen LogP contribution in [0.15, 0.2) is 46.8 Å². The number of nitrogens with zero attached hydrogens (tertiary/aromatic N) is 2. The van der Waals surface area contributed by atoms with Crippen molar-refractivity contribution < 1.29 is 14.3 Å². The van der Waals surface area contributed by atoms with Crippen LogP contribution >= 0.6 is 0 Å². The number of benzene rings is 1. The minimum atomic E-state index is -0.315. The van der Waals surface area contributed by atoms with E-state index in [9.17, 15) is 9.59 Å². The Balaban J connectivity index is 1.76. The minimum Gasteiger partial charge on any atom is -0.378 e. The van der Waals surface area contributed by atoms with E-state index in [0.717, 1.165) is 54.1 Å². The van der Waals surface area contributed by atoms with E-state index in [-0.39, 0.29) is 17.6 Å². The Labute approximate surface area is 184 Å². The Bertz CT molecular complexity index is 906. The molecular formula is C25H33N3O3. The van der Waals surface area contributed by atoms with Gasteiger partial charge in [0.1, 0.15) is 0 Å². The van der Waals surface area contributed by atoms with E-state index in [2.05, 4.69) is 48.3 Å². The molecule has 1 aromatic carbocycles. The Morgan fingerprint density at radius 3 is 2.45 bits per heavy atom. The summed E-state index contributed by atoms with van der Waals surface area (Å²) in [5.41, 5.74) is 5.51. The van der Waals surface area contributed by atoms with Crippen LogP contribution in [0, 0.1) is 0 Å². The van der Waals surface area contributed by atoms with Gasteiger partial charge in [0.05, 0.1) is 13.2 Å². The monoisotopic (exact) mass is 423 g/mol. The van der Waals surface area contributed by atoms with Gasteiger partial charge in [-0.25, -0.2) is 0 Å². The number of carbonyl (C=O) groups excluding carboxylic acids is 2. The summed E-state index contributed by atoms with van der Waals surface area (Å²) in [7, 11) is 0. The summed E-state index contributed by atoms with van der Waals surface area (Å²) in [5, 5.41) is 3.42. The molecule has 1 N–H and O–H groups in total. The molecule has 0 spiro atoms. The number of rotatable bonds is 5. The highest BCUT2D eigenvalue weighted by atomic mass is 16.5. The van der Waals surface area contributed by atoms with E-state index in [0.29, 0.717) is 38.3 Å². The molecule has 4 rings (SSSR count). The SMILES string of the molecule is CCN(CC)c1ccc([C@@H]2C(C(=O)N3CCOCC3)=C(C)NC3=C2C(=O)CCC3)cc1. The fourth-order valence-corrected chi connectivity index (χ4v) is 5.00. The molecule has 1 aliphatic carbocycles. The summed E-state index contributed by atoms with van der Waals surface area (Å²) in [6, 6.07) is 8.42. The van der Waals surface area contributed by atoms with Crippen LogP contribution in [0.3, 0.4) is 0 Å². The molecule has 0 saturated carbocycles. The number of hydrogen-bond acceptors (Lipinski definition) is 5. The molecule has 2 heterocycles. The molecule has 166 valence electrons. The minimum absolute atomic E-state index is 0.0102. The van der Waals surface area contributed by atoms with Crippen LogP contribution in [0.2, 0.25) is 0 Å². The molecule has 1 fully saturated rings. The fourth-order valence-electron chi connectivity index (χ4n) is 5.00. The molecule has 1 atom stereocenters. The van der Waals surface area contributed by atoms with Gasteiger partial charge in [0.25, 0.3) is 5.91 Å². The van der Waals surface area contributed by atoms with E-state index in [1.807, 2.05) is 11.8 Å². The Morgan fingerprint density at radius 2 is 1.81 bits per heavy atom. The second-order valence-corrected chi connectivity index (χ2v) is 8.43. The van der Waals surface area contributed by atoms with Gasteiger partial charge in [-0.05, 0) is 51.3 Å². The van der Waals surface area contributed by atoms with Crippen LogP contribution in [0.1, 0.15) is 51.5 Å². The zero-order chi connectivity index (χ0) is 22.0. The van der Waals surface area contributed by atoms with Crippen molar-refractivity contribution in [3.8, 4) is 0 Å². The van der Waals surface area contributed by atoms with Gasteiger partial charge in [-0.1, -0.05) is 12.1 Å². The first-order valence-corrected chi connectivity index (χ1v) is 11.5. The third-order valence-corrected chi connectivity index (χ3v) is 6.66. The number of hydrogen-bond donors (Lipinski definition) is 1. The number of allylic oxidation sites excluding steroid dienone is 3. The summed E-state index contributed by atoms with van der Waals surface area (Å²) < 4.78 is 5.44. The fraction of sp³-hybridized carbons (Fsp3) is 0.520. The van der Waals surface area contributed by atoms with E-state index in [1.54, 1.807) is 0 Å². The topological polar surface area (TPSA) is 61.9 Å². The van der Waals surface area contributed by atoms with Crippen molar-refractivity contribution in [1.82, 2.24) is 10.2 Å². The van der Waals surface area contributed by atoms with Crippen molar-refractivity contribution in [1.29, 1.82) is 0 Å². The van der Waals surface area contributed by atoms with Gasteiger partial charge < -0.3 is 19.9 Å². The normalized spacial score (nSPS) is 21.7. The molecule has 2 aliphatic heterocycles. The number of Topliss-reactive ketones (excluding diaryl/α,β-unsaturated/α-hetero) is 1. The van der Waals surface area contributed by atoms with Gasteiger partial charge in [-0.15, -0.1) is 0 Å². The number of amides is 1. The number of ether oxygens (including phenoxy) is 1. The van der Waals surface area contributed by atoms with Crippen LogP contribution < -0.4 is 10.2 Å². The molecule has 0 bridgehead atoms. The molecule has 1 saturated heterocycles. The summed E-state index contributed by atoms with van der Waals surface area (Å²) in [5.74, 6) is -0.146. The Kier molecular flexibility index (Phi) is 6.46. The second kappa shape index (κ2) is 9.27. The summed E-state index contributed by atoms with van der Waals surface area (Å²) in [6.45, 7) is 10.4. The van der Waals surface area contributed by atoms with Gasteiger partial charge in [0.2, 0.25) is 0 Å². The average Bonchev–Trinajstić information content (AvgIpc) is 2.80. The zero-order valence-corrected chi connectivity index (χ0v) is 18.9. The number of carbonyl (C=O) groups is 2. The molecule has 1 aromatic rings. The summed E-state index contributed by atoms with van der Waals surface area (Å²) >= 11 is 0. The quantitative estimate of drug-likeness (QED) is 0.787. The largest absolute Gasteiger partial charge is 0.378 e. The maximum atomic E-state index is 13.6. The zero-order valence-electron chi connectivity index (χ0n) is 18.9. The van der Waals surface area contributed by atoms with Crippen LogP contribution in [0.5, 0.6) is 0 Å². The van der Waals surface area contributed by atoms with Crippen molar-refractivity contribution >= 4 is 17.4 Å². The highest BCUT2D eigenvalue weighted by Gasteiger charge is 2.39. The van der Waals surface area contributed by atoms with Crippen molar-refractivity contribution in [3.05, 3.63) is 52.4 Å². The molecule has 1 amide bonds. The number of dihydropyridines is 1. The van der Waals surface area contributed by atoms with Gasteiger partial charge in [0, 0.05) is 66.7 Å². The molecule has 0 radical (unpaired) electrons. The summed E-state index contributed by atoms with van der Waals surface area (Å²) in [6.07, 6.45) is 2.26. The lowest BCUT2D eigenvalue weighted by molar-refractivity contribution is -0.131. The van der Waals surface area contributed by atoms with Crippen molar-refractivity contribution in [2.45, 2.75) is 46.0 Å². The Morgan fingerprint density at radius 1 is 1.13 bits per heavy atom. The molecule has 0 unspecified atom stereocenters. The molecular weight excluding hydrogens is 390 g/mol. The van der Waals surface area contributed by atoms with Gasteiger partial charge in [-0.2, -0.15) is 0 Å². The lowest BCUT2D eigenvalue weighted by Gasteiger charge is -2.37. The first kappa shape index (κ1) is 21.6. The first-order chi connectivity index (χ1) is 15.0. The first-order valence-electron chi connectivity index (χ1n) is 11.5. The van der Waals surface area contributed by atoms with Crippen LogP contribution in [-0.4, -0.2) is 56.0 Å². The third kappa shape index (κ3) is 4.13. The highest BCUT2D eigenvalue weighted by Crippen LogP contribution is 2.43. The molecule has 6 nitrogen and oxygen atoms in total. The Hall–Kier alpha value is -2.60. The highest BCUT2D eigenvalue weighted by molar-refractivity contribution is 6.05. The van der Waals surface area contributed by atoms with Gasteiger partial charge in [0.15, 0.2) is 5.78 Å².